The zero-order valence-electron chi connectivity index (χ0n) is 22.9. The van der Waals surface area contributed by atoms with Crippen molar-refractivity contribution in [3.8, 4) is 11.1 Å². The van der Waals surface area contributed by atoms with Crippen molar-refractivity contribution in [2.75, 3.05) is 24.5 Å². The number of aromatic amines is 1. The van der Waals surface area contributed by atoms with E-state index in [1.807, 2.05) is 31.0 Å². The number of hydrogen-bond donors (Lipinski definition) is 2. The van der Waals surface area contributed by atoms with Crippen LogP contribution in [0.1, 0.15) is 63.8 Å². The molecule has 3 aromatic rings. The first-order valence-corrected chi connectivity index (χ1v) is 13.9. The summed E-state index contributed by atoms with van der Waals surface area (Å²) in [4.78, 5) is 16.2. The van der Waals surface area contributed by atoms with E-state index >= 15 is 0 Å². The summed E-state index contributed by atoms with van der Waals surface area (Å²) in [7, 11) is 0. The van der Waals surface area contributed by atoms with Crippen molar-refractivity contribution in [3.05, 3.63) is 41.2 Å². The maximum atomic E-state index is 12.0. The maximum Gasteiger partial charge on any atom is 0.245 e. The van der Waals surface area contributed by atoms with Gasteiger partial charge in [-0.25, -0.2) is 0 Å². The summed E-state index contributed by atoms with van der Waals surface area (Å²) in [5, 5.41) is 25.3. The molecule has 8 nitrogen and oxygen atoms in total. The minimum Gasteiger partial charge on any atom is -0.390 e. The number of amides is 1. The lowest BCUT2D eigenvalue weighted by Crippen LogP contribution is -2.63. The first-order valence-electron chi connectivity index (χ1n) is 13.5. The fourth-order valence-electron chi connectivity index (χ4n) is 7.37. The van der Waals surface area contributed by atoms with Gasteiger partial charge in [0.1, 0.15) is 0 Å². The highest BCUT2D eigenvalue weighted by Gasteiger charge is 2.55. The summed E-state index contributed by atoms with van der Waals surface area (Å²) in [6.07, 6.45) is 6.56. The number of carbonyl (C=O) groups excluding carboxylic acids is 1. The molecule has 2 aliphatic heterocycles. The molecule has 0 bridgehead atoms. The van der Waals surface area contributed by atoms with Crippen molar-refractivity contribution in [2.24, 2.45) is 5.41 Å². The molecule has 1 spiro atoms. The van der Waals surface area contributed by atoms with Gasteiger partial charge in [0.2, 0.25) is 5.91 Å². The van der Waals surface area contributed by atoms with Crippen LogP contribution in [-0.4, -0.2) is 66.7 Å². The summed E-state index contributed by atoms with van der Waals surface area (Å²) in [6.45, 7) is 16.4. The summed E-state index contributed by atoms with van der Waals surface area (Å²) in [5.41, 5.74) is 4.20. The Bertz CT molecular complexity index is 1450. The Labute approximate surface area is 228 Å². The molecule has 1 atom stereocenters. The van der Waals surface area contributed by atoms with E-state index in [0.717, 1.165) is 65.0 Å². The minimum absolute atomic E-state index is 0.0142. The third-order valence-electron chi connectivity index (χ3n) is 9.14. The predicted octanol–water partition coefficient (Wildman–Crippen LogP) is 5.18. The number of benzene rings is 1. The number of H-pyrrole nitrogens is 1. The van der Waals surface area contributed by atoms with Gasteiger partial charge in [-0.15, -0.1) is 0 Å². The smallest absolute Gasteiger partial charge is 0.245 e. The minimum atomic E-state index is -0.712. The van der Waals surface area contributed by atoms with Gasteiger partial charge in [0.05, 0.1) is 28.4 Å². The average molecular weight is 537 g/mol. The Hall–Kier alpha value is -2.84. The molecule has 2 saturated heterocycles. The topological polar surface area (TPSA) is 90.3 Å². The standard InChI is InChI=1S/C29H37ClN6O2/c1-7-22(37)34-15-29(16-34)11-19(12-29)36-18(3)23(24-20-13-31-32-21(20)10-17(2)25(24)30)26(33-36)35-9-8-28(6,38)14-27(35,4)5/h7,10,13,19,38H,1,8-9,11-12,14-16H2,2-6H3,(H,31,32). The lowest BCUT2D eigenvalue weighted by molar-refractivity contribution is -0.149. The molecule has 3 aliphatic rings. The van der Waals surface area contributed by atoms with Crippen molar-refractivity contribution < 1.29 is 9.90 Å². The number of carbonyl (C=O) groups is 1. The molecule has 0 radical (unpaired) electrons. The fraction of sp³-hybridized carbons (Fsp3) is 0.552. The first-order chi connectivity index (χ1) is 17.8. The van der Waals surface area contributed by atoms with Gasteiger partial charge >= 0.3 is 0 Å². The van der Waals surface area contributed by atoms with Crippen LogP contribution in [0.15, 0.2) is 24.9 Å². The number of nitrogens with zero attached hydrogens (tertiary/aromatic N) is 5. The summed E-state index contributed by atoms with van der Waals surface area (Å²) in [5.74, 6) is 0.927. The van der Waals surface area contributed by atoms with E-state index in [-0.39, 0.29) is 22.9 Å². The number of aliphatic hydroxyl groups is 1. The molecule has 38 heavy (non-hydrogen) atoms. The van der Waals surface area contributed by atoms with Crippen LogP contribution in [0.4, 0.5) is 5.82 Å². The normalized spacial score (nSPS) is 24.5. The Kier molecular flexibility index (Phi) is 5.57. The van der Waals surface area contributed by atoms with Gasteiger partial charge in [-0.1, -0.05) is 18.2 Å². The second-order valence-electron chi connectivity index (χ2n) is 12.8. The van der Waals surface area contributed by atoms with E-state index in [1.165, 1.54) is 6.08 Å². The Balaban J connectivity index is 1.44. The van der Waals surface area contributed by atoms with Gasteiger partial charge in [-0.3, -0.25) is 14.6 Å². The third-order valence-corrected chi connectivity index (χ3v) is 9.63. The van der Waals surface area contributed by atoms with E-state index < -0.39 is 5.60 Å². The zero-order valence-corrected chi connectivity index (χ0v) is 23.7. The fourth-order valence-corrected chi connectivity index (χ4v) is 7.62. The lowest BCUT2D eigenvalue weighted by Gasteiger charge is -2.58. The second kappa shape index (κ2) is 8.33. The van der Waals surface area contributed by atoms with Crippen LogP contribution in [0.25, 0.3) is 22.0 Å². The first kappa shape index (κ1) is 25.4. The number of hydrogen-bond acceptors (Lipinski definition) is 5. The molecular weight excluding hydrogens is 500 g/mol. The number of piperidine rings is 1. The number of rotatable bonds is 4. The summed E-state index contributed by atoms with van der Waals surface area (Å²) >= 11 is 7.05. The monoisotopic (exact) mass is 536 g/mol. The van der Waals surface area contributed by atoms with E-state index in [0.29, 0.717) is 24.4 Å². The van der Waals surface area contributed by atoms with Crippen LogP contribution in [-0.2, 0) is 4.79 Å². The van der Waals surface area contributed by atoms with Gasteiger partial charge in [0, 0.05) is 52.8 Å². The van der Waals surface area contributed by atoms with E-state index in [2.05, 4.69) is 47.1 Å². The molecule has 6 rings (SSSR count). The van der Waals surface area contributed by atoms with Crippen molar-refractivity contribution in [1.29, 1.82) is 0 Å². The van der Waals surface area contributed by atoms with Crippen LogP contribution >= 0.6 is 11.6 Å². The van der Waals surface area contributed by atoms with Crippen LogP contribution in [0, 0.1) is 19.3 Å². The van der Waals surface area contributed by atoms with Gasteiger partial charge in [-0.2, -0.15) is 10.2 Å². The molecule has 1 amide bonds. The number of aromatic nitrogens is 4. The Morgan fingerprint density at radius 2 is 1.95 bits per heavy atom. The van der Waals surface area contributed by atoms with Crippen LogP contribution < -0.4 is 4.90 Å². The number of halogens is 1. The largest absolute Gasteiger partial charge is 0.390 e. The zero-order chi connectivity index (χ0) is 27.2. The number of nitrogens with one attached hydrogen (secondary N) is 1. The van der Waals surface area contributed by atoms with Crippen molar-refractivity contribution in [1.82, 2.24) is 24.9 Å². The molecule has 9 heteroatoms. The van der Waals surface area contributed by atoms with Crippen molar-refractivity contribution in [3.63, 3.8) is 0 Å². The van der Waals surface area contributed by atoms with E-state index in [1.54, 1.807) is 0 Å². The van der Waals surface area contributed by atoms with Crippen LogP contribution in [0.5, 0.6) is 0 Å². The molecule has 2 aromatic heterocycles. The van der Waals surface area contributed by atoms with Gasteiger partial charge in [0.25, 0.3) is 0 Å². The second-order valence-corrected chi connectivity index (χ2v) is 13.2. The number of anilines is 1. The van der Waals surface area contributed by atoms with Crippen molar-refractivity contribution >= 4 is 34.2 Å². The van der Waals surface area contributed by atoms with Crippen LogP contribution in [0.3, 0.4) is 0 Å². The molecule has 2 N–H and O–H groups in total. The highest BCUT2D eigenvalue weighted by molar-refractivity contribution is 6.36. The molecule has 1 saturated carbocycles. The number of fused-ring (bicyclic) bond motifs is 1. The molecular formula is C29H37ClN6O2. The lowest BCUT2D eigenvalue weighted by atomic mass is 9.60. The van der Waals surface area contributed by atoms with E-state index in [4.69, 9.17) is 16.7 Å². The molecule has 1 unspecified atom stereocenters. The SMILES string of the molecule is C=CC(=O)N1CC2(CC(n3nc(N4CCC(C)(O)CC4(C)C)c(-c4c(Cl)c(C)cc5[nH]ncc45)c3C)C2)C1. The quantitative estimate of drug-likeness (QED) is 0.449. The molecule has 1 aliphatic carbocycles. The predicted molar refractivity (Wildman–Crippen MR) is 151 cm³/mol. The maximum absolute atomic E-state index is 12.0. The molecule has 3 fully saturated rings. The van der Waals surface area contributed by atoms with Crippen LogP contribution in [0.2, 0.25) is 5.02 Å². The molecule has 4 heterocycles. The average Bonchev–Trinajstić information content (AvgIpc) is 3.36. The van der Waals surface area contributed by atoms with Crippen molar-refractivity contribution in [2.45, 2.75) is 77.5 Å². The Morgan fingerprint density at radius 3 is 2.61 bits per heavy atom. The highest BCUT2D eigenvalue weighted by atomic mass is 35.5. The number of likely N-dealkylation sites (tertiary alicyclic amines) is 1. The molecule has 202 valence electrons. The third kappa shape index (κ3) is 3.79. The number of aryl methyl sites for hydroxylation is 1. The van der Waals surface area contributed by atoms with Gasteiger partial charge in [0.15, 0.2) is 5.82 Å². The Morgan fingerprint density at radius 1 is 1.24 bits per heavy atom. The van der Waals surface area contributed by atoms with Gasteiger partial charge < -0.3 is 14.9 Å². The highest BCUT2D eigenvalue weighted by Crippen LogP contribution is 2.56. The van der Waals surface area contributed by atoms with Gasteiger partial charge in [-0.05, 0) is 78.0 Å². The molecule has 1 aromatic carbocycles. The van der Waals surface area contributed by atoms with E-state index in [9.17, 15) is 9.90 Å². The summed E-state index contributed by atoms with van der Waals surface area (Å²) in [6, 6.07) is 2.31. The summed E-state index contributed by atoms with van der Waals surface area (Å²) < 4.78 is 2.20.